The highest BCUT2D eigenvalue weighted by Crippen LogP contribution is 2.33. The zero-order valence-corrected chi connectivity index (χ0v) is 17.0. The molecule has 0 unspecified atom stereocenters. The highest BCUT2D eigenvalue weighted by Gasteiger charge is 2.30. The molecule has 1 aliphatic heterocycles. The van der Waals surface area contributed by atoms with Crippen LogP contribution in [0.15, 0.2) is 30.3 Å². The number of amides is 2. The SMILES string of the molecule is Cc1cc(C)c(NC(=O)N2CCC[C@@H]2c2ccc(CN(C)C)cc2)c(C)n1. The van der Waals surface area contributed by atoms with Gasteiger partial charge in [0.25, 0.3) is 0 Å². The first-order chi connectivity index (χ1) is 12.8. The van der Waals surface area contributed by atoms with E-state index in [0.29, 0.717) is 0 Å². The van der Waals surface area contributed by atoms with Gasteiger partial charge in [0, 0.05) is 18.8 Å². The molecule has 1 aliphatic rings. The molecule has 2 heterocycles. The zero-order chi connectivity index (χ0) is 19.6. The summed E-state index contributed by atoms with van der Waals surface area (Å²) < 4.78 is 0. The fourth-order valence-electron chi connectivity index (χ4n) is 3.96. The van der Waals surface area contributed by atoms with E-state index in [1.54, 1.807) is 0 Å². The minimum atomic E-state index is -0.0354. The number of benzene rings is 1. The Bertz CT molecular complexity index is 791. The second-order valence-electron chi connectivity index (χ2n) is 7.80. The van der Waals surface area contributed by atoms with Crippen LogP contribution >= 0.6 is 0 Å². The number of hydrogen-bond donors (Lipinski definition) is 1. The molecule has 2 aromatic rings. The van der Waals surface area contributed by atoms with Gasteiger partial charge in [-0.2, -0.15) is 0 Å². The van der Waals surface area contributed by atoms with Crippen molar-refractivity contribution in [3.63, 3.8) is 0 Å². The molecule has 2 amide bonds. The summed E-state index contributed by atoms with van der Waals surface area (Å²) in [5.74, 6) is 0. The van der Waals surface area contributed by atoms with Crippen molar-refractivity contribution in [3.8, 4) is 0 Å². The number of urea groups is 1. The topological polar surface area (TPSA) is 48.5 Å². The minimum absolute atomic E-state index is 0.0354. The average Bonchev–Trinajstić information content (AvgIpc) is 3.08. The van der Waals surface area contributed by atoms with Crippen LogP contribution in [0.3, 0.4) is 0 Å². The van der Waals surface area contributed by atoms with Crippen molar-refractivity contribution in [2.24, 2.45) is 0 Å². The summed E-state index contributed by atoms with van der Waals surface area (Å²) in [6.45, 7) is 7.65. The van der Waals surface area contributed by atoms with Crippen molar-refractivity contribution >= 4 is 11.7 Å². The maximum absolute atomic E-state index is 13.0. The van der Waals surface area contributed by atoms with Crippen LogP contribution in [-0.2, 0) is 6.54 Å². The Hall–Kier alpha value is -2.40. The number of rotatable bonds is 4. The number of likely N-dealkylation sites (tertiary alicyclic amines) is 1. The summed E-state index contributed by atoms with van der Waals surface area (Å²) >= 11 is 0. The van der Waals surface area contributed by atoms with Gasteiger partial charge in [-0.25, -0.2) is 4.79 Å². The van der Waals surface area contributed by atoms with Gasteiger partial charge in [-0.1, -0.05) is 24.3 Å². The van der Waals surface area contributed by atoms with Crippen LogP contribution in [0.25, 0.3) is 0 Å². The number of nitrogens with one attached hydrogen (secondary N) is 1. The van der Waals surface area contributed by atoms with E-state index < -0.39 is 0 Å². The molecule has 1 N–H and O–H groups in total. The molecule has 5 nitrogen and oxygen atoms in total. The number of hydrogen-bond acceptors (Lipinski definition) is 3. The fourth-order valence-corrected chi connectivity index (χ4v) is 3.96. The van der Waals surface area contributed by atoms with Gasteiger partial charge in [0.2, 0.25) is 0 Å². The maximum Gasteiger partial charge on any atom is 0.322 e. The number of anilines is 1. The molecular weight excluding hydrogens is 336 g/mol. The van der Waals surface area contributed by atoms with Gasteiger partial charge in [0.15, 0.2) is 0 Å². The van der Waals surface area contributed by atoms with Gasteiger partial charge < -0.3 is 15.1 Å². The number of carbonyl (C=O) groups excluding carboxylic acids is 1. The largest absolute Gasteiger partial charge is 0.322 e. The predicted molar refractivity (Wildman–Crippen MR) is 110 cm³/mol. The third-order valence-electron chi connectivity index (χ3n) is 5.13. The lowest BCUT2D eigenvalue weighted by Gasteiger charge is -2.26. The smallest absolute Gasteiger partial charge is 0.317 e. The lowest BCUT2D eigenvalue weighted by molar-refractivity contribution is 0.207. The van der Waals surface area contributed by atoms with Crippen molar-refractivity contribution in [2.75, 3.05) is 26.0 Å². The first-order valence-corrected chi connectivity index (χ1v) is 9.61. The molecule has 1 aromatic heterocycles. The molecule has 1 atom stereocenters. The molecular formula is C22H30N4O. The number of carbonyl (C=O) groups is 1. The standard InChI is InChI=1S/C22H30N4O/c1-15-13-16(2)23-17(3)21(15)24-22(27)26-12-6-7-20(26)19-10-8-18(9-11-19)14-25(4)5/h8-11,13,20H,6-7,12,14H2,1-5H3,(H,24,27)/t20-/m1/s1. The molecule has 0 bridgehead atoms. The summed E-state index contributed by atoms with van der Waals surface area (Å²) in [4.78, 5) is 21.6. The summed E-state index contributed by atoms with van der Waals surface area (Å²) in [6, 6.07) is 10.8. The molecule has 27 heavy (non-hydrogen) atoms. The van der Waals surface area contributed by atoms with E-state index in [2.05, 4.69) is 53.6 Å². The Kier molecular flexibility index (Phi) is 5.80. The van der Waals surface area contributed by atoms with Crippen LogP contribution < -0.4 is 5.32 Å². The molecule has 5 heteroatoms. The van der Waals surface area contributed by atoms with E-state index in [9.17, 15) is 4.79 Å². The van der Waals surface area contributed by atoms with Crippen LogP contribution in [0.4, 0.5) is 10.5 Å². The molecule has 3 rings (SSSR count). The van der Waals surface area contributed by atoms with Crippen LogP contribution in [0.5, 0.6) is 0 Å². The Morgan fingerprint density at radius 2 is 1.93 bits per heavy atom. The van der Waals surface area contributed by atoms with Crippen LogP contribution in [0.1, 0.15) is 47.0 Å². The third-order valence-corrected chi connectivity index (χ3v) is 5.13. The molecule has 1 aromatic carbocycles. The Morgan fingerprint density at radius 3 is 2.56 bits per heavy atom. The molecule has 1 fully saturated rings. The average molecular weight is 367 g/mol. The fraction of sp³-hybridized carbons (Fsp3) is 0.455. The summed E-state index contributed by atoms with van der Waals surface area (Å²) in [6.07, 6.45) is 2.03. The molecule has 0 aliphatic carbocycles. The second kappa shape index (κ2) is 8.09. The highest BCUT2D eigenvalue weighted by atomic mass is 16.2. The predicted octanol–water partition coefficient (Wildman–Crippen LogP) is 4.44. The third kappa shape index (κ3) is 4.48. The normalized spacial score (nSPS) is 16.8. The van der Waals surface area contributed by atoms with Gasteiger partial charge in [0.1, 0.15) is 0 Å². The first-order valence-electron chi connectivity index (χ1n) is 9.61. The van der Waals surface area contributed by atoms with Crippen molar-refractivity contribution in [1.29, 1.82) is 0 Å². The highest BCUT2D eigenvalue weighted by molar-refractivity contribution is 5.91. The summed E-state index contributed by atoms with van der Waals surface area (Å²) in [5, 5.41) is 3.10. The Morgan fingerprint density at radius 1 is 1.22 bits per heavy atom. The van der Waals surface area contributed by atoms with E-state index in [0.717, 1.165) is 48.6 Å². The van der Waals surface area contributed by atoms with E-state index in [4.69, 9.17) is 0 Å². The quantitative estimate of drug-likeness (QED) is 0.870. The molecule has 0 saturated carbocycles. The van der Waals surface area contributed by atoms with Crippen molar-refractivity contribution < 1.29 is 4.79 Å². The van der Waals surface area contributed by atoms with E-state index in [-0.39, 0.29) is 12.1 Å². The number of pyridine rings is 1. The Balaban J connectivity index is 1.75. The molecule has 144 valence electrons. The number of aromatic nitrogens is 1. The number of nitrogens with zero attached hydrogens (tertiary/aromatic N) is 3. The first kappa shape index (κ1) is 19.4. The lowest BCUT2D eigenvalue weighted by Crippen LogP contribution is -2.35. The van der Waals surface area contributed by atoms with E-state index in [1.165, 1.54) is 11.1 Å². The lowest BCUT2D eigenvalue weighted by atomic mass is 10.0. The van der Waals surface area contributed by atoms with Crippen molar-refractivity contribution in [2.45, 2.75) is 46.2 Å². The molecule has 0 radical (unpaired) electrons. The summed E-state index contributed by atoms with van der Waals surface area (Å²) in [7, 11) is 4.14. The van der Waals surface area contributed by atoms with Crippen molar-refractivity contribution in [1.82, 2.24) is 14.8 Å². The van der Waals surface area contributed by atoms with Gasteiger partial charge >= 0.3 is 6.03 Å². The minimum Gasteiger partial charge on any atom is -0.317 e. The zero-order valence-electron chi connectivity index (χ0n) is 17.0. The molecule has 1 saturated heterocycles. The van der Waals surface area contributed by atoms with E-state index >= 15 is 0 Å². The molecule has 0 spiro atoms. The second-order valence-corrected chi connectivity index (χ2v) is 7.80. The van der Waals surface area contributed by atoms with E-state index in [1.807, 2.05) is 31.7 Å². The summed E-state index contributed by atoms with van der Waals surface area (Å²) in [5.41, 5.74) is 6.22. The van der Waals surface area contributed by atoms with Gasteiger partial charge in [0.05, 0.1) is 17.4 Å². The van der Waals surface area contributed by atoms with Crippen LogP contribution in [-0.4, -0.2) is 41.5 Å². The van der Waals surface area contributed by atoms with Gasteiger partial charge in [-0.3, -0.25) is 4.98 Å². The number of aryl methyl sites for hydroxylation is 3. The van der Waals surface area contributed by atoms with Crippen LogP contribution in [0.2, 0.25) is 0 Å². The monoisotopic (exact) mass is 366 g/mol. The van der Waals surface area contributed by atoms with Crippen molar-refractivity contribution in [3.05, 3.63) is 58.4 Å². The van der Waals surface area contributed by atoms with Gasteiger partial charge in [-0.05, 0) is 70.5 Å². The maximum atomic E-state index is 13.0. The van der Waals surface area contributed by atoms with Crippen LogP contribution in [0, 0.1) is 20.8 Å². The van der Waals surface area contributed by atoms with Gasteiger partial charge in [-0.15, -0.1) is 0 Å². The Labute approximate surface area is 162 Å².